The largest absolute Gasteiger partial charge is 0.392 e. The number of ether oxygens (including phenoxy) is 2. The highest BCUT2D eigenvalue weighted by atomic mass is 16.7. The van der Waals surface area contributed by atoms with Gasteiger partial charge in [0.15, 0.2) is 6.29 Å². The Morgan fingerprint density at radius 1 is 0.846 bits per heavy atom. The average molecular weight is 540 g/mol. The molecule has 2 aromatic rings. The molecule has 0 bridgehead atoms. The monoisotopic (exact) mass is 539 g/mol. The third-order valence-corrected chi connectivity index (χ3v) is 7.42. The van der Waals surface area contributed by atoms with Crippen LogP contribution >= 0.6 is 0 Å². The van der Waals surface area contributed by atoms with Crippen molar-refractivity contribution in [1.82, 2.24) is 10.4 Å². The molecule has 2 aliphatic rings. The van der Waals surface area contributed by atoms with Crippen LogP contribution in [0, 0.1) is 0 Å². The minimum absolute atomic E-state index is 0.0152. The van der Waals surface area contributed by atoms with Crippen LogP contribution in [-0.2, 0) is 25.7 Å². The number of rotatable bonds is 12. The molecule has 9 heteroatoms. The van der Waals surface area contributed by atoms with Gasteiger partial charge in [0, 0.05) is 37.1 Å². The topological polar surface area (TPSA) is 120 Å². The van der Waals surface area contributed by atoms with Crippen molar-refractivity contribution in [1.29, 1.82) is 0 Å². The number of hydrogen-bond donors (Lipinski definition) is 4. The molecule has 3 unspecified atom stereocenters. The first-order chi connectivity index (χ1) is 19.0. The molecule has 0 aliphatic carbocycles. The van der Waals surface area contributed by atoms with E-state index in [1.54, 1.807) is 5.48 Å². The predicted molar refractivity (Wildman–Crippen MR) is 147 cm³/mol. The van der Waals surface area contributed by atoms with Gasteiger partial charge in [0.1, 0.15) is 0 Å². The second-order valence-electron chi connectivity index (χ2n) is 10.5. The van der Waals surface area contributed by atoms with E-state index in [0.29, 0.717) is 24.9 Å². The second-order valence-corrected chi connectivity index (χ2v) is 10.5. The van der Waals surface area contributed by atoms with Gasteiger partial charge in [-0.15, -0.1) is 0 Å². The standard InChI is InChI=1S/C30H41N3O6/c34-21-22-9-11-23(12-10-22)27-19-26(20-33-17-5-2-6-18-33)38-30(39-27)24-13-15-25(16-14-24)31-28(35)7-3-1-4-8-29(36)32-37/h9-16,26-27,30,34,37H,1-8,17-21H2,(H,31,35)(H,32,36). The first-order valence-corrected chi connectivity index (χ1v) is 14.1. The van der Waals surface area contributed by atoms with Crippen molar-refractivity contribution in [2.45, 2.75) is 82.9 Å². The zero-order valence-electron chi connectivity index (χ0n) is 22.5. The minimum Gasteiger partial charge on any atom is -0.392 e. The molecule has 9 nitrogen and oxygen atoms in total. The van der Waals surface area contributed by atoms with Crippen LogP contribution in [-0.4, -0.2) is 52.8 Å². The van der Waals surface area contributed by atoms with Gasteiger partial charge < -0.3 is 24.8 Å². The molecular formula is C30H41N3O6. The average Bonchev–Trinajstić information content (AvgIpc) is 2.97. The molecule has 0 saturated carbocycles. The summed E-state index contributed by atoms with van der Waals surface area (Å²) in [5, 5.41) is 20.9. The zero-order chi connectivity index (χ0) is 27.5. The Hall–Kier alpha value is -2.82. The SMILES string of the molecule is O=C(CCCCCC(=O)Nc1ccc(C2OC(CN3CCCCC3)CC(c3ccc(CO)cc3)O2)cc1)NO. The van der Waals surface area contributed by atoms with E-state index in [-0.39, 0.29) is 31.1 Å². The Morgan fingerprint density at radius 2 is 1.51 bits per heavy atom. The van der Waals surface area contributed by atoms with E-state index < -0.39 is 12.2 Å². The fourth-order valence-electron chi connectivity index (χ4n) is 5.21. The van der Waals surface area contributed by atoms with Crippen molar-refractivity contribution in [2.24, 2.45) is 0 Å². The summed E-state index contributed by atoms with van der Waals surface area (Å²) in [6, 6.07) is 15.5. The number of amides is 2. The van der Waals surface area contributed by atoms with E-state index >= 15 is 0 Å². The molecule has 212 valence electrons. The third-order valence-electron chi connectivity index (χ3n) is 7.42. The molecule has 2 aliphatic heterocycles. The predicted octanol–water partition coefficient (Wildman–Crippen LogP) is 4.60. The van der Waals surface area contributed by atoms with Crippen LogP contribution in [0.1, 0.15) is 86.9 Å². The summed E-state index contributed by atoms with van der Waals surface area (Å²) in [6.45, 7) is 3.10. The molecule has 2 aromatic carbocycles. The van der Waals surface area contributed by atoms with E-state index in [4.69, 9.17) is 14.7 Å². The highest BCUT2D eigenvalue weighted by Gasteiger charge is 2.33. The number of likely N-dealkylation sites (tertiary alicyclic amines) is 1. The van der Waals surface area contributed by atoms with Gasteiger partial charge in [-0.25, -0.2) is 5.48 Å². The van der Waals surface area contributed by atoms with Gasteiger partial charge in [0.05, 0.1) is 18.8 Å². The number of unbranched alkanes of at least 4 members (excludes halogenated alkanes) is 2. The van der Waals surface area contributed by atoms with Crippen molar-refractivity contribution >= 4 is 17.5 Å². The lowest BCUT2D eigenvalue weighted by molar-refractivity contribution is -0.253. The highest BCUT2D eigenvalue weighted by molar-refractivity contribution is 5.90. The number of nitrogens with zero attached hydrogens (tertiary/aromatic N) is 1. The lowest BCUT2D eigenvalue weighted by Crippen LogP contribution is -2.41. The Bertz CT molecular complexity index is 1040. The molecule has 0 aromatic heterocycles. The van der Waals surface area contributed by atoms with Crippen molar-refractivity contribution in [3.8, 4) is 0 Å². The molecule has 0 radical (unpaired) electrons. The van der Waals surface area contributed by atoms with Crippen LogP contribution in [0.15, 0.2) is 48.5 Å². The van der Waals surface area contributed by atoms with Crippen molar-refractivity contribution in [3.05, 3.63) is 65.2 Å². The minimum atomic E-state index is -0.517. The Labute approximate surface area is 230 Å². The fourth-order valence-corrected chi connectivity index (χ4v) is 5.21. The van der Waals surface area contributed by atoms with Gasteiger partial charge in [-0.2, -0.15) is 0 Å². The quantitative estimate of drug-likeness (QED) is 0.177. The number of hydroxylamine groups is 1. The summed E-state index contributed by atoms with van der Waals surface area (Å²) in [4.78, 5) is 25.9. The molecule has 0 spiro atoms. The smallest absolute Gasteiger partial charge is 0.243 e. The van der Waals surface area contributed by atoms with Gasteiger partial charge in [0.2, 0.25) is 11.8 Å². The second kappa shape index (κ2) is 15.1. The number of aliphatic hydroxyl groups excluding tert-OH is 1. The van der Waals surface area contributed by atoms with E-state index in [0.717, 1.165) is 49.2 Å². The van der Waals surface area contributed by atoms with Crippen LogP contribution in [0.25, 0.3) is 0 Å². The van der Waals surface area contributed by atoms with Gasteiger partial charge in [-0.1, -0.05) is 49.2 Å². The van der Waals surface area contributed by atoms with E-state index in [9.17, 15) is 14.7 Å². The Kier molecular flexibility index (Phi) is 11.3. The van der Waals surface area contributed by atoms with Gasteiger partial charge in [-0.3, -0.25) is 14.8 Å². The maximum Gasteiger partial charge on any atom is 0.243 e. The van der Waals surface area contributed by atoms with Gasteiger partial charge in [-0.05, 0) is 62.0 Å². The Balaban J connectivity index is 1.35. The molecule has 2 amide bonds. The summed E-state index contributed by atoms with van der Waals surface area (Å²) in [7, 11) is 0. The maximum atomic E-state index is 12.3. The maximum absolute atomic E-state index is 12.3. The number of carbonyl (C=O) groups excluding carboxylic acids is 2. The number of anilines is 1. The number of nitrogens with one attached hydrogen (secondary N) is 2. The molecular weight excluding hydrogens is 498 g/mol. The zero-order valence-corrected chi connectivity index (χ0v) is 22.5. The number of carbonyl (C=O) groups is 2. The van der Waals surface area contributed by atoms with Crippen LogP contribution in [0.3, 0.4) is 0 Å². The number of aliphatic hydroxyl groups is 1. The third kappa shape index (κ3) is 9.12. The summed E-state index contributed by atoms with van der Waals surface area (Å²) in [6.07, 6.45) is 6.57. The van der Waals surface area contributed by atoms with E-state index in [1.165, 1.54) is 19.3 Å². The summed E-state index contributed by atoms with van der Waals surface area (Å²) in [5.41, 5.74) is 5.17. The van der Waals surface area contributed by atoms with E-state index in [2.05, 4.69) is 10.2 Å². The fraction of sp³-hybridized carbons (Fsp3) is 0.533. The summed E-state index contributed by atoms with van der Waals surface area (Å²) >= 11 is 0. The number of hydrogen-bond acceptors (Lipinski definition) is 7. The first-order valence-electron chi connectivity index (χ1n) is 14.1. The van der Waals surface area contributed by atoms with Crippen LogP contribution < -0.4 is 10.8 Å². The molecule has 3 atom stereocenters. The Morgan fingerprint density at radius 3 is 2.18 bits per heavy atom. The van der Waals surface area contributed by atoms with Crippen molar-refractivity contribution < 1.29 is 29.4 Å². The molecule has 2 heterocycles. The molecule has 4 rings (SSSR count). The molecule has 39 heavy (non-hydrogen) atoms. The van der Waals surface area contributed by atoms with Crippen molar-refractivity contribution in [2.75, 3.05) is 25.0 Å². The summed E-state index contributed by atoms with van der Waals surface area (Å²) < 4.78 is 12.9. The van der Waals surface area contributed by atoms with Crippen LogP contribution in [0.5, 0.6) is 0 Å². The number of piperidine rings is 1. The van der Waals surface area contributed by atoms with Gasteiger partial charge >= 0.3 is 0 Å². The van der Waals surface area contributed by atoms with Crippen LogP contribution in [0.2, 0.25) is 0 Å². The van der Waals surface area contributed by atoms with Gasteiger partial charge in [0.25, 0.3) is 0 Å². The highest BCUT2D eigenvalue weighted by Crippen LogP contribution is 2.38. The number of benzene rings is 2. The normalized spacial score (nSPS) is 21.8. The van der Waals surface area contributed by atoms with Crippen molar-refractivity contribution in [3.63, 3.8) is 0 Å². The molecule has 4 N–H and O–H groups in total. The first kappa shape index (κ1) is 29.2. The lowest BCUT2D eigenvalue weighted by atomic mass is 9.99. The molecule has 2 saturated heterocycles. The lowest BCUT2D eigenvalue weighted by Gasteiger charge is -2.39. The summed E-state index contributed by atoms with van der Waals surface area (Å²) in [5.74, 6) is -0.485. The molecule has 2 fully saturated rings. The van der Waals surface area contributed by atoms with E-state index in [1.807, 2.05) is 48.5 Å². The van der Waals surface area contributed by atoms with Crippen LogP contribution in [0.4, 0.5) is 5.69 Å².